The highest BCUT2D eigenvalue weighted by Gasteiger charge is 2.33. The van der Waals surface area contributed by atoms with E-state index in [1.165, 1.54) is 12.1 Å². The molecule has 1 N–H and O–H groups in total. The van der Waals surface area contributed by atoms with E-state index in [9.17, 15) is 18.0 Å². The van der Waals surface area contributed by atoms with Crippen molar-refractivity contribution >= 4 is 28.7 Å². The maximum Gasteiger partial charge on any atom is 0.573 e. The normalized spacial score (nSPS) is 16.4. The third-order valence-corrected chi connectivity index (χ3v) is 7.88. The van der Waals surface area contributed by atoms with Gasteiger partial charge < -0.3 is 15.0 Å². The number of halogens is 4. The molecule has 6 nitrogen and oxygen atoms in total. The summed E-state index contributed by atoms with van der Waals surface area (Å²) in [5.41, 5.74) is 5.29. The number of nitrogens with one attached hydrogen (secondary N) is 1. The number of amides is 1. The van der Waals surface area contributed by atoms with Gasteiger partial charge in [0.15, 0.2) is 0 Å². The molecule has 2 aliphatic rings. The number of aromatic nitrogens is 2. The van der Waals surface area contributed by atoms with Gasteiger partial charge in [-0.3, -0.25) is 4.79 Å². The van der Waals surface area contributed by atoms with Gasteiger partial charge >= 0.3 is 6.36 Å². The van der Waals surface area contributed by atoms with E-state index in [1.54, 1.807) is 35.0 Å². The first-order valence-electron chi connectivity index (χ1n) is 13.4. The van der Waals surface area contributed by atoms with Gasteiger partial charge in [0.2, 0.25) is 0 Å². The van der Waals surface area contributed by atoms with E-state index < -0.39 is 6.36 Å². The molecule has 1 saturated carbocycles. The Kier molecular flexibility index (Phi) is 7.08. The summed E-state index contributed by atoms with van der Waals surface area (Å²) >= 11 is 6.20. The van der Waals surface area contributed by atoms with Gasteiger partial charge in [0.1, 0.15) is 5.75 Å². The largest absolute Gasteiger partial charge is 0.573 e. The molecule has 2 aromatic carbocycles. The van der Waals surface area contributed by atoms with Crippen LogP contribution in [0.3, 0.4) is 0 Å². The van der Waals surface area contributed by atoms with Crippen molar-refractivity contribution in [1.29, 1.82) is 0 Å². The van der Waals surface area contributed by atoms with Gasteiger partial charge in [-0.25, -0.2) is 4.52 Å². The number of alkyl halides is 3. The Labute approximate surface area is 234 Å². The second-order valence-electron chi connectivity index (χ2n) is 10.4. The Balaban J connectivity index is 1.04. The number of benzene rings is 2. The lowest BCUT2D eigenvalue weighted by molar-refractivity contribution is -0.274. The Morgan fingerprint density at radius 1 is 0.975 bits per heavy atom. The molecule has 0 unspecified atom stereocenters. The lowest BCUT2D eigenvalue weighted by Gasteiger charge is -2.34. The molecule has 1 saturated heterocycles. The fraction of sp³-hybridized carbons (Fsp3) is 0.333. The van der Waals surface area contributed by atoms with Crippen molar-refractivity contribution in [3.05, 3.63) is 94.3 Å². The summed E-state index contributed by atoms with van der Waals surface area (Å²) in [7, 11) is 0. The summed E-state index contributed by atoms with van der Waals surface area (Å²) in [6.45, 7) is 2.10. The molecule has 40 heavy (non-hydrogen) atoms. The maximum atomic E-state index is 13.2. The lowest BCUT2D eigenvalue weighted by Crippen LogP contribution is -2.32. The van der Waals surface area contributed by atoms with Crippen LogP contribution in [0.4, 0.5) is 18.9 Å². The smallest absolute Gasteiger partial charge is 0.406 e. The van der Waals surface area contributed by atoms with Crippen molar-refractivity contribution in [2.75, 3.05) is 18.0 Å². The predicted octanol–water partition coefficient (Wildman–Crippen LogP) is 7.08. The second kappa shape index (κ2) is 10.7. The molecule has 2 aromatic heterocycles. The summed E-state index contributed by atoms with van der Waals surface area (Å²) in [5.74, 6) is 0.270. The third kappa shape index (κ3) is 5.89. The molecule has 0 bridgehead atoms. The zero-order valence-corrected chi connectivity index (χ0v) is 22.4. The zero-order chi connectivity index (χ0) is 27.9. The summed E-state index contributed by atoms with van der Waals surface area (Å²) in [4.78, 5) is 15.5. The molecule has 4 aromatic rings. The number of anilines is 1. The standard InChI is InChI=1S/C30H28ClF3N4O2/c31-23-13-16-38-26(17-23)27(28(36-38)22-3-4-22)29(39)35-18-19-1-7-24(8-2-19)37-14-11-21(12-15-37)20-5-9-25(10-6-20)40-30(32,33)34/h1-2,5-10,13,16-17,21-22H,3-4,11-12,14-15,18H2,(H,35,39). The van der Waals surface area contributed by atoms with E-state index >= 15 is 0 Å². The summed E-state index contributed by atoms with van der Waals surface area (Å²) in [6.07, 6.45) is 0.997. The van der Waals surface area contributed by atoms with Crippen LogP contribution < -0.4 is 15.0 Å². The molecule has 6 rings (SSSR count). The van der Waals surface area contributed by atoms with Crippen LogP contribution in [0.25, 0.3) is 5.52 Å². The maximum absolute atomic E-state index is 13.2. The number of pyridine rings is 1. The number of piperidine rings is 1. The monoisotopic (exact) mass is 568 g/mol. The number of ether oxygens (including phenoxy) is 1. The molecule has 1 aliphatic heterocycles. The van der Waals surface area contributed by atoms with E-state index in [4.69, 9.17) is 11.6 Å². The molecule has 208 valence electrons. The van der Waals surface area contributed by atoms with Gasteiger partial charge in [0.25, 0.3) is 5.91 Å². The van der Waals surface area contributed by atoms with E-state index in [-0.39, 0.29) is 11.7 Å². The highest BCUT2D eigenvalue weighted by atomic mass is 35.5. The Hall–Kier alpha value is -3.72. The molecule has 2 fully saturated rings. The number of hydrogen-bond donors (Lipinski definition) is 1. The fourth-order valence-electron chi connectivity index (χ4n) is 5.42. The van der Waals surface area contributed by atoms with Crippen molar-refractivity contribution < 1.29 is 22.7 Å². The first-order chi connectivity index (χ1) is 19.2. The van der Waals surface area contributed by atoms with Crippen molar-refractivity contribution in [3.8, 4) is 5.75 Å². The second-order valence-corrected chi connectivity index (χ2v) is 10.9. The molecular weight excluding hydrogens is 541 g/mol. The first kappa shape index (κ1) is 26.5. The average molecular weight is 569 g/mol. The molecular formula is C30H28ClF3N4O2. The van der Waals surface area contributed by atoms with Crippen LogP contribution in [0.2, 0.25) is 5.02 Å². The van der Waals surface area contributed by atoms with Gasteiger partial charge in [-0.15, -0.1) is 13.2 Å². The highest BCUT2D eigenvalue weighted by molar-refractivity contribution is 6.31. The van der Waals surface area contributed by atoms with Crippen LogP contribution in [-0.4, -0.2) is 35.0 Å². The van der Waals surface area contributed by atoms with Crippen LogP contribution >= 0.6 is 11.6 Å². The van der Waals surface area contributed by atoms with E-state index in [0.717, 1.165) is 66.8 Å². The number of nitrogens with zero attached hydrogens (tertiary/aromatic N) is 3. The van der Waals surface area contributed by atoms with Gasteiger partial charge in [-0.1, -0.05) is 35.9 Å². The zero-order valence-electron chi connectivity index (χ0n) is 21.6. The highest BCUT2D eigenvalue weighted by Crippen LogP contribution is 2.42. The molecule has 1 amide bonds. The molecule has 0 atom stereocenters. The number of carbonyl (C=O) groups excluding carboxylic acids is 1. The number of hydrogen-bond acceptors (Lipinski definition) is 4. The number of fused-ring (bicyclic) bond motifs is 1. The average Bonchev–Trinajstić information content (AvgIpc) is 3.72. The van der Waals surface area contributed by atoms with Crippen LogP contribution in [0, 0.1) is 0 Å². The van der Waals surface area contributed by atoms with Gasteiger partial charge in [-0.2, -0.15) is 5.10 Å². The Morgan fingerprint density at radius 3 is 2.33 bits per heavy atom. The minimum atomic E-state index is -4.68. The van der Waals surface area contributed by atoms with Crippen LogP contribution in [-0.2, 0) is 6.54 Å². The minimum Gasteiger partial charge on any atom is -0.406 e. The van der Waals surface area contributed by atoms with Crippen LogP contribution in [0.5, 0.6) is 5.75 Å². The number of rotatable bonds is 7. The number of carbonyl (C=O) groups is 1. The summed E-state index contributed by atoms with van der Waals surface area (Å²) < 4.78 is 42.9. The van der Waals surface area contributed by atoms with Crippen molar-refractivity contribution in [2.24, 2.45) is 0 Å². The molecule has 1 aliphatic carbocycles. The Bertz CT molecular complexity index is 1510. The summed E-state index contributed by atoms with van der Waals surface area (Å²) in [6, 6.07) is 17.9. The third-order valence-electron chi connectivity index (χ3n) is 7.65. The molecule has 10 heteroatoms. The SMILES string of the molecule is O=C(NCc1ccc(N2CCC(c3ccc(OC(F)(F)F)cc3)CC2)cc1)c1c(C2CC2)nn2ccc(Cl)cc12. The summed E-state index contributed by atoms with van der Waals surface area (Å²) in [5, 5.41) is 8.26. The van der Waals surface area contributed by atoms with Gasteiger partial charge in [-0.05, 0) is 79.1 Å². The molecule has 0 radical (unpaired) electrons. The van der Waals surface area contributed by atoms with Gasteiger partial charge in [0.05, 0.1) is 16.8 Å². The fourth-order valence-corrected chi connectivity index (χ4v) is 5.58. The first-order valence-corrected chi connectivity index (χ1v) is 13.8. The van der Waals surface area contributed by atoms with Gasteiger partial charge in [0, 0.05) is 42.5 Å². The minimum absolute atomic E-state index is 0.150. The van der Waals surface area contributed by atoms with E-state index in [1.807, 2.05) is 12.1 Å². The quantitative estimate of drug-likeness (QED) is 0.259. The lowest BCUT2D eigenvalue weighted by atomic mass is 9.89. The predicted molar refractivity (Wildman–Crippen MR) is 147 cm³/mol. The topological polar surface area (TPSA) is 58.9 Å². The van der Waals surface area contributed by atoms with Crippen molar-refractivity contribution in [2.45, 2.75) is 50.4 Å². The molecule has 3 heterocycles. The van der Waals surface area contributed by atoms with Crippen LogP contribution in [0.1, 0.15) is 64.7 Å². The van der Waals surface area contributed by atoms with Crippen LogP contribution in [0.15, 0.2) is 66.9 Å². The van der Waals surface area contributed by atoms with E-state index in [0.29, 0.717) is 29.0 Å². The molecule has 0 spiro atoms. The Morgan fingerprint density at radius 2 is 1.68 bits per heavy atom. The van der Waals surface area contributed by atoms with Crippen molar-refractivity contribution in [3.63, 3.8) is 0 Å². The van der Waals surface area contributed by atoms with E-state index in [2.05, 4.69) is 32.2 Å². The van der Waals surface area contributed by atoms with Crippen molar-refractivity contribution in [1.82, 2.24) is 14.9 Å².